The number of sulfonamides is 1. The highest BCUT2D eigenvalue weighted by Crippen LogP contribution is 2.22. The summed E-state index contributed by atoms with van der Waals surface area (Å²) in [6.45, 7) is 6.58. The number of primary sulfonamides is 1. The summed E-state index contributed by atoms with van der Waals surface area (Å²) in [5.41, 5.74) is 0.578. The van der Waals surface area contributed by atoms with Crippen molar-refractivity contribution in [2.24, 2.45) is 5.14 Å². The normalized spacial score (nSPS) is 13.2. The highest BCUT2D eigenvalue weighted by atomic mass is 32.2. The van der Waals surface area contributed by atoms with Crippen LogP contribution in [0.1, 0.15) is 26.3 Å². The Hall–Kier alpha value is -1.12. The summed E-state index contributed by atoms with van der Waals surface area (Å²) < 4.78 is 50.9. The van der Waals surface area contributed by atoms with Crippen molar-refractivity contribution < 1.29 is 21.6 Å². The summed E-state index contributed by atoms with van der Waals surface area (Å²) in [6.07, 6.45) is 0. The zero-order chi connectivity index (χ0) is 16.5. The number of sulfone groups is 1. The van der Waals surface area contributed by atoms with Crippen molar-refractivity contribution in [3.8, 4) is 5.75 Å². The van der Waals surface area contributed by atoms with Gasteiger partial charge in [-0.2, -0.15) is 0 Å². The molecular weight excluding hydrogens is 314 g/mol. The van der Waals surface area contributed by atoms with Crippen LogP contribution in [0, 0.1) is 6.92 Å². The SMILES string of the molecule is Cc1cc(S(N)(=O)=O)ccc1OCCS(=O)(=O)C(C)(C)C. The van der Waals surface area contributed by atoms with E-state index in [-0.39, 0.29) is 17.3 Å². The molecule has 8 heteroatoms. The summed E-state index contributed by atoms with van der Waals surface area (Å²) in [5, 5.41) is 5.03. The smallest absolute Gasteiger partial charge is 0.238 e. The minimum absolute atomic E-state index is 0.00494. The third-order valence-electron chi connectivity index (χ3n) is 3.02. The maximum absolute atomic E-state index is 11.9. The average molecular weight is 335 g/mol. The van der Waals surface area contributed by atoms with E-state index in [2.05, 4.69) is 0 Å². The molecule has 0 amide bonds. The molecule has 0 radical (unpaired) electrons. The van der Waals surface area contributed by atoms with Gasteiger partial charge in [-0.3, -0.25) is 0 Å². The van der Waals surface area contributed by atoms with Crippen LogP contribution in [0.3, 0.4) is 0 Å². The van der Waals surface area contributed by atoms with Gasteiger partial charge in [0.25, 0.3) is 0 Å². The number of rotatable bonds is 5. The van der Waals surface area contributed by atoms with Gasteiger partial charge >= 0.3 is 0 Å². The Kier molecular flexibility index (Phi) is 5.07. The Bertz CT molecular complexity index is 715. The molecule has 1 aromatic carbocycles. The topological polar surface area (TPSA) is 104 Å². The lowest BCUT2D eigenvalue weighted by atomic mass is 10.2. The first-order chi connectivity index (χ1) is 9.34. The monoisotopic (exact) mass is 335 g/mol. The molecule has 1 aromatic rings. The number of aryl methyl sites for hydroxylation is 1. The molecule has 0 saturated heterocycles. The highest BCUT2D eigenvalue weighted by molar-refractivity contribution is 7.92. The standard InChI is InChI=1S/C13H21NO5S2/c1-10-9-11(21(14,17)18)5-6-12(10)19-7-8-20(15,16)13(2,3)4/h5-6,9H,7-8H2,1-4H3,(H2,14,17,18). The number of nitrogens with two attached hydrogens (primary N) is 1. The molecule has 0 unspecified atom stereocenters. The van der Waals surface area contributed by atoms with Crippen LogP contribution in [-0.4, -0.2) is 33.9 Å². The zero-order valence-electron chi connectivity index (χ0n) is 12.6. The maximum Gasteiger partial charge on any atom is 0.238 e. The largest absolute Gasteiger partial charge is 0.492 e. The van der Waals surface area contributed by atoms with Gasteiger partial charge in [-0.1, -0.05) is 0 Å². The van der Waals surface area contributed by atoms with Crippen molar-refractivity contribution in [2.45, 2.75) is 37.3 Å². The van der Waals surface area contributed by atoms with Gasteiger partial charge in [-0.25, -0.2) is 22.0 Å². The van der Waals surface area contributed by atoms with E-state index >= 15 is 0 Å². The van der Waals surface area contributed by atoms with Gasteiger partial charge in [0.05, 0.1) is 15.4 Å². The van der Waals surface area contributed by atoms with Gasteiger partial charge < -0.3 is 4.74 Å². The molecule has 0 spiro atoms. The summed E-state index contributed by atoms with van der Waals surface area (Å²) in [4.78, 5) is -0.00494. The lowest BCUT2D eigenvalue weighted by Crippen LogP contribution is -2.32. The van der Waals surface area contributed by atoms with Gasteiger partial charge in [0.1, 0.15) is 12.4 Å². The number of ether oxygens (including phenoxy) is 1. The molecule has 0 saturated carbocycles. The van der Waals surface area contributed by atoms with Crippen LogP contribution in [0.25, 0.3) is 0 Å². The van der Waals surface area contributed by atoms with Gasteiger partial charge in [0.2, 0.25) is 10.0 Å². The molecule has 2 N–H and O–H groups in total. The first-order valence-electron chi connectivity index (χ1n) is 6.33. The third-order valence-corrected chi connectivity index (χ3v) is 6.50. The van der Waals surface area contributed by atoms with Gasteiger partial charge in [-0.05, 0) is 51.5 Å². The Morgan fingerprint density at radius 2 is 1.71 bits per heavy atom. The highest BCUT2D eigenvalue weighted by Gasteiger charge is 2.28. The van der Waals surface area contributed by atoms with Crippen LogP contribution in [0.5, 0.6) is 5.75 Å². The van der Waals surface area contributed by atoms with Crippen molar-refractivity contribution in [1.29, 1.82) is 0 Å². The fourth-order valence-electron chi connectivity index (χ4n) is 1.53. The Morgan fingerprint density at radius 3 is 2.14 bits per heavy atom. The predicted octanol–water partition coefficient (Wildman–Crippen LogP) is 1.23. The van der Waals surface area contributed by atoms with Crippen LogP contribution in [0.4, 0.5) is 0 Å². The molecular formula is C13H21NO5S2. The second-order valence-electron chi connectivity index (χ2n) is 5.75. The molecule has 120 valence electrons. The zero-order valence-corrected chi connectivity index (χ0v) is 14.2. The molecule has 0 aliphatic rings. The molecule has 0 aliphatic heterocycles. The van der Waals surface area contributed by atoms with E-state index in [4.69, 9.17) is 9.88 Å². The molecule has 0 fully saturated rings. The van der Waals surface area contributed by atoms with Crippen LogP contribution in [0.15, 0.2) is 23.1 Å². The third kappa shape index (κ3) is 4.69. The summed E-state index contributed by atoms with van der Waals surface area (Å²) in [6, 6.07) is 4.19. The molecule has 0 aliphatic carbocycles. The molecule has 6 nitrogen and oxygen atoms in total. The second kappa shape index (κ2) is 5.94. The van der Waals surface area contributed by atoms with Crippen LogP contribution < -0.4 is 9.88 Å². The first kappa shape index (κ1) is 17.9. The van der Waals surface area contributed by atoms with Crippen molar-refractivity contribution in [1.82, 2.24) is 0 Å². The molecule has 0 atom stereocenters. The summed E-state index contributed by atoms with van der Waals surface area (Å²) in [5.74, 6) is 0.332. The van der Waals surface area contributed by atoms with E-state index < -0.39 is 24.6 Å². The van der Waals surface area contributed by atoms with E-state index in [1.54, 1.807) is 27.7 Å². The average Bonchev–Trinajstić information content (AvgIpc) is 2.28. The molecule has 0 aromatic heterocycles. The predicted molar refractivity (Wildman–Crippen MR) is 81.6 cm³/mol. The van der Waals surface area contributed by atoms with Crippen molar-refractivity contribution in [3.05, 3.63) is 23.8 Å². The number of hydrogen-bond donors (Lipinski definition) is 1. The van der Waals surface area contributed by atoms with Crippen LogP contribution in [0.2, 0.25) is 0 Å². The molecule has 21 heavy (non-hydrogen) atoms. The Morgan fingerprint density at radius 1 is 1.14 bits per heavy atom. The van der Waals surface area contributed by atoms with Crippen LogP contribution in [-0.2, 0) is 19.9 Å². The summed E-state index contributed by atoms with van der Waals surface area (Å²) in [7, 11) is -7.01. The van der Waals surface area contributed by atoms with Crippen molar-refractivity contribution >= 4 is 19.9 Å². The van der Waals surface area contributed by atoms with E-state index in [1.807, 2.05) is 0 Å². The van der Waals surface area contributed by atoms with E-state index in [0.717, 1.165) is 0 Å². The molecule has 1 rings (SSSR count). The number of benzene rings is 1. The van der Waals surface area contributed by atoms with Crippen molar-refractivity contribution in [2.75, 3.05) is 12.4 Å². The van der Waals surface area contributed by atoms with Gasteiger partial charge in [0, 0.05) is 0 Å². The fraction of sp³-hybridized carbons (Fsp3) is 0.538. The first-order valence-corrected chi connectivity index (χ1v) is 9.53. The quantitative estimate of drug-likeness (QED) is 0.871. The van der Waals surface area contributed by atoms with E-state index in [0.29, 0.717) is 11.3 Å². The summed E-state index contributed by atoms with van der Waals surface area (Å²) >= 11 is 0. The Labute approximate surface area is 126 Å². The Balaban J connectivity index is 2.79. The van der Waals surface area contributed by atoms with Crippen LogP contribution >= 0.6 is 0 Å². The fourth-order valence-corrected chi connectivity index (χ4v) is 3.04. The van der Waals surface area contributed by atoms with E-state index in [9.17, 15) is 16.8 Å². The van der Waals surface area contributed by atoms with E-state index in [1.165, 1.54) is 18.2 Å². The molecule has 0 bridgehead atoms. The minimum Gasteiger partial charge on any atom is -0.492 e. The second-order valence-corrected chi connectivity index (χ2v) is 10.2. The number of hydrogen-bond acceptors (Lipinski definition) is 5. The maximum atomic E-state index is 11.9. The lowest BCUT2D eigenvalue weighted by Gasteiger charge is -2.19. The van der Waals surface area contributed by atoms with Gasteiger partial charge in [0.15, 0.2) is 9.84 Å². The minimum atomic E-state index is -3.76. The lowest BCUT2D eigenvalue weighted by molar-refractivity contribution is 0.337. The van der Waals surface area contributed by atoms with Crippen molar-refractivity contribution in [3.63, 3.8) is 0 Å². The van der Waals surface area contributed by atoms with Gasteiger partial charge in [-0.15, -0.1) is 0 Å². The molecule has 0 heterocycles.